The smallest absolute Gasteiger partial charge is 0.264 e. The van der Waals surface area contributed by atoms with Crippen LogP contribution in [0.25, 0.3) is 0 Å². The number of benzene rings is 1. The van der Waals surface area contributed by atoms with Crippen molar-refractivity contribution in [3.05, 3.63) is 33.7 Å². The van der Waals surface area contributed by atoms with Crippen molar-refractivity contribution in [2.45, 2.75) is 6.92 Å². The van der Waals surface area contributed by atoms with Crippen LogP contribution < -0.4 is 10.1 Å². The number of amides is 1. The minimum Gasteiger partial charge on any atom is -0.484 e. The Bertz CT molecular complexity index is 541. The van der Waals surface area contributed by atoms with Gasteiger partial charge in [0.2, 0.25) is 5.13 Å². The summed E-state index contributed by atoms with van der Waals surface area (Å²) < 4.78 is 6.29. The van der Waals surface area contributed by atoms with Crippen molar-refractivity contribution in [3.63, 3.8) is 0 Å². The van der Waals surface area contributed by atoms with Crippen molar-refractivity contribution >= 4 is 38.3 Å². The molecule has 0 saturated carbocycles. The number of rotatable bonds is 4. The third-order valence-electron chi connectivity index (χ3n) is 1.96. The number of nitrogens with one attached hydrogen (secondary N) is 1. The van der Waals surface area contributed by atoms with Crippen LogP contribution in [0.3, 0.4) is 0 Å². The van der Waals surface area contributed by atoms with E-state index in [0.29, 0.717) is 10.9 Å². The lowest BCUT2D eigenvalue weighted by Crippen LogP contribution is -2.20. The Balaban J connectivity index is 1.83. The lowest BCUT2D eigenvalue weighted by molar-refractivity contribution is -0.118. The first-order valence-electron chi connectivity index (χ1n) is 5.12. The molecule has 2 rings (SSSR count). The summed E-state index contributed by atoms with van der Waals surface area (Å²) in [5.74, 6) is 0.385. The van der Waals surface area contributed by atoms with Crippen LogP contribution in [0.1, 0.15) is 5.01 Å². The van der Waals surface area contributed by atoms with Crippen molar-refractivity contribution in [1.29, 1.82) is 0 Å². The number of hydrogen-bond acceptors (Lipinski definition) is 5. The van der Waals surface area contributed by atoms with Gasteiger partial charge in [-0.1, -0.05) is 27.3 Å². The van der Waals surface area contributed by atoms with Gasteiger partial charge in [0, 0.05) is 4.47 Å². The SMILES string of the molecule is Cc1nnc(NC(=O)COc2ccc(Br)cc2)s1. The Morgan fingerprint density at radius 3 is 2.72 bits per heavy atom. The summed E-state index contributed by atoms with van der Waals surface area (Å²) in [4.78, 5) is 11.6. The molecule has 1 aromatic heterocycles. The van der Waals surface area contributed by atoms with Crippen LogP contribution in [0, 0.1) is 6.92 Å². The molecule has 5 nitrogen and oxygen atoms in total. The fraction of sp³-hybridized carbons (Fsp3) is 0.182. The molecule has 2 aromatic rings. The number of aryl methyl sites for hydroxylation is 1. The summed E-state index contributed by atoms with van der Waals surface area (Å²) in [6.45, 7) is 1.77. The Hall–Kier alpha value is -1.47. The molecule has 0 fully saturated rings. The second kappa shape index (κ2) is 5.92. The quantitative estimate of drug-likeness (QED) is 0.937. The van der Waals surface area contributed by atoms with E-state index in [9.17, 15) is 4.79 Å². The number of ether oxygens (including phenoxy) is 1. The molecule has 0 aliphatic heterocycles. The van der Waals surface area contributed by atoms with Crippen LogP contribution in [0.4, 0.5) is 5.13 Å². The van der Waals surface area contributed by atoms with Crippen molar-refractivity contribution < 1.29 is 9.53 Å². The van der Waals surface area contributed by atoms with Gasteiger partial charge in [-0.2, -0.15) is 0 Å². The second-order valence-corrected chi connectivity index (χ2v) is 5.51. The summed E-state index contributed by atoms with van der Waals surface area (Å²) in [7, 11) is 0. The molecule has 0 bridgehead atoms. The van der Waals surface area contributed by atoms with E-state index in [0.717, 1.165) is 9.48 Å². The van der Waals surface area contributed by atoms with Crippen LogP contribution in [-0.4, -0.2) is 22.7 Å². The average molecular weight is 328 g/mol. The molecule has 1 heterocycles. The molecule has 0 unspecified atom stereocenters. The van der Waals surface area contributed by atoms with E-state index >= 15 is 0 Å². The van der Waals surface area contributed by atoms with E-state index in [1.54, 1.807) is 12.1 Å². The highest BCUT2D eigenvalue weighted by Crippen LogP contribution is 2.16. The Morgan fingerprint density at radius 1 is 1.39 bits per heavy atom. The molecule has 0 saturated heterocycles. The Labute approximate surface area is 116 Å². The van der Waals surface area contributed by atoms with E-state index in [2.05, 4.69) is 31.4 Å². The van der Waals surface area contributed by atoms with E-state index in [4.69, 9.17) is 4.74 Å². The van der Waals surface area contributed by atoms with Gasteiger partial charge >= 0.3 is 0 Å². The topological polar surface area (TPSA) is 64.1 Å². The van der Waals surface area contributed by atoms with E-state index in [1.807, 2.05) is 19.1 Å². The van der Waals surface area contributed by atoms with Crippen molar-refractivity contribution in [2.75, 3.05) is 11.9 Å². The van der Waals surface area contributed by atoms with Crippen LogP contribution in [0.5, 0.6) is 5.75 Å². The number of halogens is 1. The van der Waals surface area contributed by atoms with Gasteiger partial charge in [0.05, 0.1) is 0 Å². The molecule has 7 heteroatoms. The summed E-state index contributed by atoms with van der Waals surface area (Å²) in [6, 6.07) is 7.27. The maximum absolute atomic E-state index is 11.6. The summed E-state index contributed by atoms with van der Waals surface area (Å²) in [5, 5.41) is 11.5. The number of anilines is 1. The maximum Gasteiger partial charge on any atom is 0.264 e. The molecule has 1 amide bonds. The van der Waals surface area contributed by atoms with Crippen LogP contribution in [0.2, 0.25) is 0 Å². The lowest BCUT2D eigenvalue weighted by atomic mass is 10.3. The first kappa shape index (κ1) is 13.0. The standard InChI is InChI=1S/C11H10BrN3O2S/c1-7-14-15-11(18-7)13-10(16)6-17-9-4-2-8(12)3-5-9/h2-5H,6H2,1H3,(H,13,15,16). The first-order chi connectivity index (χ1) is 8.63. The van der Waals surface area contributed by atoms with Gasteiger partial charge < -0.3 is 4.74 Å². The van der Waals surface area contributed by atoms with Gasteiger partial charge in [0.25, 0.3) is 5.91 Å². The fourth-order valence-corrected chi connectivity index (χ4v) is 2.05. The maximum atomic E-state index is 11.6. The van der Waals surface area contributed by atoms with Crippen molar-refractivity contribution in [3.8, 4) is 5.75 Å². The van der Waals surface area contributed by atoms with Gasteiger partial charge in [0.15, 0.2) is 6.61 Å². The molecular formula is C11H10BrN3O2S. The average Bonchev–Trinajstić information content (AvgIpc) is 2.74. The number of aromatic nitrogens is 2. The molecule has 0 atom stereocenters. The Morgan fingerprint density at radius 2 is 2.11 bits per heavy atom. The Kier molecular flexibility index (Phi) is 4.27. The molecule has 18 heavy (non-hydrogen) atoms. The van der Waals surface area contributed by atoms with Crippen LogP contribution in [0.15, 0.2) is 28.7 Å². The predicted octanol–water partition coefficient (Wildman–Crippen LogP) is 2.63. The second-order valence-electron chi connectivity index (χ2n) is 3.42. The predicted molar refractivity (Wildman–Crippen MR) is 72.9 cm³/mol. The molecule has 0 aliphatic carbocycles. The third-order valence-corrected chi connectivity index (χ3v) is 3.24. The van der Waals surface area contributed by atoms with Crippen LogP contribution >= 0.6 is 27.3 Å². The third kappa shape index (κ3) is 3.78. The summed E-state index contributed by atoms with van der Waals surface area (Å²) >= 11 is 4.65. The monoisotopic (exact) mass is 327 g/mol. The number of nitrogens with zero attached hydrogens (tertiary/aromatic N) is 2. The van der Waals surface area contributed by atoms with Crippen LogP contribution in [-0.2, 0) is 4.79 Å². The lowest BCUT2D eigenvalue weighted by Gasteiger charge is -2.05. The number of carbonyl (C=O) groups excluding carboxylic acids is 1. The highest BCUT2D eigenvalue weighted by atomic mass is 79.9. The van der Waals surface area contributed by atoms with Gasteiger partial charge in [0.1, 0.15) is 10.8 Å². The van der Waals surface area contributed by atoms with Gasteiger partial charge in [-0.15, -0.1) is 10.2 Å². The zero-order chi connectivity index (χ0) is 13.0. The minimum absolute atomic E-state index is 0.0553. The molecule has 0 radical (unpaired) electrons. The normalized spacial score (nSPS) is 10.1. The van der Waals surface area contributed by atoms with Gasteiger partial charge in [-0.25, -0.2) is 0 Å². The summed E-state index contributed by atoms with van der Waals surface area (Å²) in [5.41, 5.74) is 0. The van der Waals surface area contributed by atoms with Gasteiger partial charge in [-0.3, -0.25) is 10.1 Å². The highest BCUT2D eigenvalue weighted by molar-refractivity contribution is 9.10. The molecule has 1 aromatic carbocycles. The number of hydrogen-bond donors (Lipinski definition) is 1. The largest absolute Gasteiger partial charge is 0.484 e. The molecule has 94 valence electrons. The van der Waals surface area contributed by atoms with Crippen molar-refractivity contribution in [1.82, 2.24) is 10.2 Å². The number of carbonyl (C=O) groups is 1. The van der Waals surface area contributed by atoms with E-state index in [-0.39, 0.29) is 12.5 Å². The molecule has 0 spiro atoms. The molecular weight excluding hydrogens is 318 g/mol. The van der Waals surface area contributed by atoms with Crippen molar-refractivity contribution in [2.24, 2.45) is 0 Å². The van der Waals surface area contributed by atoms with Gasteiger partial charge in [-0.05, 0) is 31.2 Å². The first-order valence-corrected chi connectivity index (χ1v) is 6.73. The van der Waals surface area contributed by atoms with E-state index < -0.39 is 0 Å². The molecule has 0 aliphatic rings. The minimum atomic E-state index is -0.255. The highest BCUT2D eigenvalue weighted by Gasteiger charge is 2.07. The van der Waals surface area contributed by atoms with E-state index in [1.165, 1.54) is 11.3 Å². The summed E-state index contributed by atoms with van der Waals surface area (Å²) in [6.07, 6.45) is 0. The zero-order valence-electron chi connectivity index (χ0n) is 9.51. The molecule has 1 N–H and O–H groups in total. The zero-order valence-corrected chi connectivity index (χ0v) is 11.9. The fourth-order valence-electron chi connectivity index (χ4n) is 1.18.